The predicted molar refractivity (Wildman–Crippen MR) is 109 cm³/mol. The van der Waals surface area contributed by atoms with Crippen molar-refractivity contribution in [1.29, 1.82) is 0 Å². The molecule has 1 saturated heterocycles. The zero-order chi connectivity index (χ0) is 20.7. The standard InChI is InChI=1S/C20H35N5O3/c1-6-12-25-17(10-11-21-25)23-18(26)14-24-13-8-7-9-16(24)15(2)22-19(27)28-20(3,4)5/h10-11,15-16H,6-9,12-14H2,1-5H3,(H,22,27)(H,23,26). The Morgan fingerprint density at radius 2 is 2.11 bits per heavy atom. The monoisotopic (exact) mass is 393 g/mol. The number of alkyl carbamates (subject to hydrolysis) is 1. The molecule has 0 aromatic carbocycles. The summed E-state index contributed by atoms with van der Waals surface area (Å²) in [6.45, 7) is 11.5. The van der Waals surface area contributed by atoms with Crippen LogP contribution in [0.3, 0.4) is 0 Å². The molecule has 158 valence electrons. The van der Waals surface area contributed by atoms with Gasteiger partial charge in [-0.3, -0.25) is 9.69 Å². The van der Waals surface area contributed by atoms with Crippen LogP contribution in [-0.4, -0.2) is 57.5 Å². The summed E-state index contributed by atoms with van der Waals surface area (Å²) in [4.78, 5) is 26.9. The zero-order valence-corrected chi connectivity index (χ0v) is 17.8. The minimum absolute atomic E-state index is 0.0609. The van der Waals surface area contributed by atoms with Crippen molar-refractivity contribution in [3.8, 4) is 0 Å². The highest BCUT2D eigenvalue weighted by atomic mass is 16.6. The maximum atomic E-state index is 12.6. The van der Waals surface area contributed by atoms with E-state index < -0.39 is 11.7 Å². The second kappa shape index (κ2) is 9.91. The van der Waals surface area contributed by atoms with E-state index >= 15 is 0 Å². The fourth-order valence-electron chi connectivity index (χ4n) is 3.56. The lowest BCUT2D eigenvalue weighted by Gasteiger charge is -2.39. The van der Waals surface area contributed by atoms with Crippen LogP contribution in [0.25, 0.3) is 0 Å². The van der Waals surface area contributed by atoms with Gasteiger partial charge in [0.1, 0.15) is 11.4 Å². The molecule has 8 nitrogen and oxygen atoms in total. The minimum Gasteiger partial charge on any atom is -0.444 e. The normalized spacial score (nSPS) is 19.1. The van der Waals surface area contributed by atoms with E-state index in [-0.39, 0.29) is 18.0 Å². The summed E-state index contributed by atoms with van der Waals surface area (Å²) in [5.41, 5.74) is -0.530. The molecule has 2 N–H and O–H groups in total. The summed E-state index contributed by atoms with van der Waals surface area (Å²) >= 11 is 0. The number of amides is 2. The van der Waals surface area contributed by atoms with E-state index in [2.05, 4.69) is 27.6 Å². The van der Waals surface area contributed by atoms with E-state index in [4.69, 9.17) is 4.74 Å². The molecule has 2 rings (SSSR count). The summed E-state index contributed by atoms with van der Waals surface area (Å²) in [6, 6.07) is 1.81. The SMILES string of the molecule is CCCn1nccc1NC(=O)CN1CCCCC1C(C)NC(=O)OC(C)(C)C. The van der Waals surface area contributed by atoms with E-state index in [0.29, 0.717) is 6.54 Å². The Kier molecular flexibility index (Phi) is 7.86. The van der Waals surface area contributed by atoms with E-state index in [1.807, 2.05) is 33.8 Å². The summed E-state index contributed by atoms with van der Waals surface area (Å²) in [7, 11) is 0. The Labute approximate surface area is 168 Å². The molecule has 28 heavy (non-hydrogen) atoms. The van der Waals surface area contributed by atoms with Crippen LogP contribution in [0.5, 0.6) is 0 Å². The van der Waals surface area contributed by atoms with Gasteiger partial charge in [-0.05, 0) is 53.5 Å². The van der Waals surface area contributed by atoms with Crippen LogP contribution in [0, 0.1) is 0 Å². The molecule has 0 spiro atoms. The molecule has 1 aliphatic rings. The van der Waals surface area contributed by atoms with Crippen LogP contribution in [0.15, 0.2) is 12.3 Å². The first-order chi connectivity index (χ1) is 13.2. The number of nitrogens with zero attached hydrogens (tertiary/aromatic N) is 3. The highest BCUT2D eigenvalue weighted by Gasteiger charge is 2.30. The number of piperidine rings is 1. The van der Waals surface area contributed by atoms with Gasteiger partial charge in [-0.1, -0.05) is 13.3 Å². The highest BCUT2D eigenvalue weighted by Crippen LogP contribution is 2.20. The van der Waals surface area contributed by atoms with Crippen LogP contribution in [0.1, 0.15) is 60.3 Å². The zero-order valence-electron chi connectivity index (χ0n) is 17.8. The molecule has 0 aliphatic carbocycles. The lowest BCUT2D eigenvalue weighted by Crippen LogP contribution is -2.54. The van der Waals surface area contributed by atoms with Crippen LogP contribution in [0.4, 0.5) is 10.6 Å². The van der Waals surface area contributed by atoms with Crippen molar-refractivity contribution >= 4 is 17.8 Å². The first kappa shape index (κ1) is 22.2. The quantitative estimate of drug-likeness (QED) is 0.743. The fraction of sp³-hybridized carbons (Fsp3) is 0.750. The minimum atomic E-state index is -0.530. The second-order valence-corrected chi connectivity index (χ2v) is 8.46. The maximum absolute atomic E-state index is 12.6. The van der Waals surface area contributed by atoms with E-state index in [9.17, 15) is 9.59 Å². The lowest BCUT2D eigenvalue weighted by molar-refractivity contribution is -0.118. The van der Waals surface area contributed by atoms with Gasteiger partial charge >= 0.3 is 6.09 Å². The summed E-state index contributed by atoms with van der Waals surface area (Å²) in [5, 5.41) is 10.1. The number of hydrogen-bond acceptors (Lipinski definition) is 5. The Bertz CT molecular complexity index is 653. The van der Waals surface area contributed by atoms with E-state index in [1.165, 1.54) is 0 Å². The van der Waals surface area contributed by atoms with Crippen LogP contribution in [0.2, 0.25) is 0 Å². The van der Waals surface area contributed by atoms with Gasteiger partial charge < -0.3 is 15.4 Å². The molecule has 2 amide bonds. The summed E-state index contributed by atoms with van der Waals surface area (Å²) in [5.74, 6) is 0.662. The molecule has 1 fully saturated rings. The van der Waals surface area contributed by atoms with Crippen molar-refractivity contribution in [2.75, 3.05) is 18.4 Å². The highest BCUT2D eigenvalue weighted by molar-refractivity contribution is 5.91. The molecule has 8 heteroatoms. The van der Waals surface area contributed by atoms with Crippen LogP contribution < -0.4 is 10.6 Å². The first-order valence-electron chi connectivity index (χ1n) is 10.2. The van der Waals surface area contributed by atoms with Gasteiger partial charge in [0.25, 0.3) is 0 Å². The van der Waals surface area contributed by atoms with Gasteiger partial charge in [0.2, 0.25) is 5.91 Å². The number of aryl methyl sites for hydroxylation is 1. The third kappa shape index (κ3) is 6.82. The summed E-state index contributed by atoms with van der Waals surface area (Å²) < 4.78 is 7.17. The Hall–Kier alpha value is -2.09. The van der Waals surface area contributed by atoms with E-state index in [0.717, 1.165) is 44.6 Å². The van der Waals surface area contributed by atoms with Crippen molar-refractivity contribution in [2.45, 2.75) is 84.5 Å². The van der Waals surface area contributed by atoms with Gasteiger partial charge in [-0.2, -0.15) is 5.10 Å². The van der Waals surface area contributed by atoms with Crippen LogP contribution >= 0.6 is 0 Å². The molecule has 2 atom stereocenters. The second-order valence-electron chi connectivity index (χ2n) is 8.46. The molecule has 1 aliphatic heterocycles. The van der Waals surface area contributed by atoms with Crippen LogP contribution in [-0.2, 0) is 16.1 Å². The molecule has 0 bridgehead atoms. The van der Waals surface area contributed by atoms with Crippen molar-refractivity contribution < 1.29 is 14.3 Å². The molecule has 1 aromatic rings. The number of aromatic nitrogens is 2. The largest absolute Gasteiger partial charge is 0.444 e. The van der Waals surface area contributed by atoms with Crippen molar-refractivity contribution in [2.24, 2.45) is 0 Å². The average Bonchev–Trinajstić information content (AvgIpc) is 3.00. The third-order valence-electron chi connectivity index (χ3n) is 4.75. The van der Waals surface area contributed by atoms with Gasteiger partial charge in [0.05, 0.1) is 12.7 Å². The molecule has 1 aromatic heterocycles. The molecular weight excluding hydrogens is 358 g/mol. The smallest absolute Gasteiger partial charge is 0.407 e. The van der Waals surface area contributed by atoms with Gasteiger partial charge in [0.15, 0.2) is 0 Å². The molecular formula is C20H35N5O3. The van der Waals surface area contributed by atoms with Crippen molar-refractivity contribution in [1.82, 2.24) is 20.0 Å². The molecule has 2 unspecified atom stereocenters. The fourth-order valence-corrected chi connectivity index (χ4v) is 3.56. The molecule has 0 saturated carbocycles. The summed E-state index contributed by atoms with van der Waals surface area (Å²) in [6.07, 6.45) is 5.31. The topological polar surface area (TPSA) is 88.5 Å². The number of rotatable bonds is 7. The number of ether oxygens (including phenoxy) is 1. The molecule has 2 heterocycles. The number of nitrogens with one attached hydrogen (secondary N) is 2. The third-order valence-corrected chi connectivity index (χ3v) is 4.75. The van der Waals surface area contributed by atoms with Crippen molar-refractivity contribution in [3.05, 3.63) is 12.3 Å². The van der Waals surface area contributed by atoms with Gasteiger partial charge in [0, 0.05) is 24.7 Å². The number of likely N-dealkylation sites (tertiary alicyclic amines) is 1. The Morgan fingerprint density at radius 1 is 1.36 bits per heavy atom. The molecule has 0 radical (unpaired) electrons. The Balaban J connectivity index is 1.93. The van der Waals surface area contributed by atoms with E-state index in [1.54, 1.807) is 10.9 Å². The number of anilines is 1. The first-order valence-corrected chi connectivity index (χ1v) is 10.2. The maximum Gasteiger partial charge on any atom is 0.407 e. The van der Waals surface area contributed by atoms with Gasteiger partial charge in [-0.25, -0.2) is 9.48 Å². The number of carbonyl (C=O) groups excluding carboxylic acids is 2. The number of carbonyl (C=O) groups is 2. The lowest BCUT2D eigenvalue weighted by atomic mass is 9.96. The Morgan fingerprint density at radius 3 is 2.79 bits per heavy atom. The average molecular weight is 394 g/mol. The predicted octanol–water partition coefficient (Wildman–Crippen LogP) is 3.00. The van der Waals surface area contributed by atoms with Gasteiger partial charge in [-0.15, -0.1) is 0 Å². The van der Waals surface area contributed by atoms with Crippen molar-refractivity contribution in [3.63, 3.8) is 0 Å². The number of hydrogen-bond donors (Lipinski definition) is 2.